The summed E-state index contributed by atoms with van der Waals surface area (Å²) in [6.45, 7) is 3.29. The third-order valence-electron chi connectivity index (χ3n) is 1.67. The SMILES string of the molecule is O=CCCN1CCSCC1. The van der Waals surface area contributed by atoms with Crippen LogP contribution < -0.4 is 0 Å². The van der Waals surface area contributed by atoms with E-state index in [0.29, 0.717) is 6.42 Å². The Hall–Kier alpha value is -0.0200. The highest BCUT2D eigenvalue weighted by Gasteiger charge is 2.08. The van der Waals surface area contributed by atoms with Crippen molar-refractivity contribution in [2.24, 2.45) is 0 Å². The Bertz CT molecular complexity index is 102. The highest BCUT2D eigenvalue weighted by Crippen LogP contribution is 2.08. The van der Waals surface area contributed by atoms with Crippen molar-refractivity contribution in [3.8, 4) is 0 Å². The molecule has 0 saturated carbocycles. The minimum Gasteiger partial charge on any atom is -0.303 e. The van der Waals surface area contributed by atoms with E-state index in [1.54, 1.807) is 0 Å². The second kappa shape index (κ2) is 4.74. The number of aldehydes is 1. The molecule has 0 amide bonds. The fraction of sp³-hybridized carbons (Fsp3) is 0.857. The average molecular weight is 159 g/mol. The highest BCUT2D eigenvalue weighted by molar-refractivity contribution is 7.99. The smallest absolute Gasteiger partial charge is 0.121 e. The molecule has 0 aromatic rings. The van der Waals surface area contributed by atoms with Crippen molar-refractivity contribution < 1.29 is 4.79 Å². The highest BCUT2D eigenvalue weighted by atomic mass is 32.2. The van der Waals surface area contributed by atoms with Gasteiger partial charge in [0.2, 0.25) is 0 Å². The predicted octanol–water partition coefficient (Wildman–Crippen LogP) is 0.624. The molecule has 3 heteroatoms. The lowest BCUT2D eigenvalue weighted by Gasteiger charge is -2.24. The van der Waals surface area contributed by atoms with Crippen molar-refractivity contribution in [3.05, 3.63) is 0 Å². The van der Waals surface area contributed by atoms with Crippen LogP contribution in [0.1, 0.15) is 6.42 Å². The molecule has 0 bridgehead atoms. The van der Waals surface area contributed by atoms with E-state index in [-0.39, 0.29) is 0 Å². The first kappa shape index (κ1) is 8.08. The molecule has 1 heterocycles. The van der Waals surface area contributed by atoms with Crippen LogP contribution >= 0.6 is 11.8 Å². The van der Waals surface area contributed by atoms with Crippen LogP contribution in [0, 0.1) is 0 Å². The number of thioether (sulfide) groups is 1. The number of carbonyl (C=O) groups excluding carboxylic acids is 1. The minimum atomic E-state index is 0.699. The van der Waals surface area contributed by atoms with Crippen molar-refractivity contribution in [3.63, 3.8) is 0 Å². The van der Waals surface area contributed by atoms with Crippen molar-refractivity contribution >= 4 is 18.0 Å². The van der Waals surface area contributed by atoms with Gasteiger partial charge >= 0.3 is 0 Å². The fourth-order valence-corrected chi connectivity index (χ4v) is 2.04. The van der Waals surface area contributed by atoms with Gasteiger partial charge in [-0.1, -0.05) is 0 Å². The van der Waals surface area contributed by atoms with E-state index in [4.69, 9.17) is 0 Å². The Morgan fingerprint density at radius 2 is 2.10 bits per heavy atom. The van der Waals surface area contributed by atoms with Gasteiger partial charge < -0.3 is 9.69 Å². The molecule has 0 aromatic carbocycles. The van der Waals surface area contributed by atoms with Crippen LogP contribution in [0.2, 0.25) is 0 Å². The maximum atomic E-state index is 10.0. The summed E-state index contributed by atoms with van der Waals surface area (Å²) >= 11 is 2.00. The Labute approximate surface area is 66.0 Å². The molecule has 0 spiro atoms. The molecule has 0 unspecified atom stereocenters. The second-order valence-electron chi connectivity index (χ2n) is 2.41. The van der Waals surface area contributed by atoms with Gasteiger partial charge in [-0.2, -0.15) is 11.8 Å². The molecule has 0 N–H and O–H groups in total. The first-order valence-electron chi connectivity index (χ1n) is 3.67. The maximum absolute atomic E-state index is 10.0. The maximum Gasteiger partial charge on any atom is 0.121 e. The van der Waals surface area contributed by atoms with Gasteiger partial charge in [0.05, 0.1) is 0 Å². The van der Waals surface area contributed by atoms with Gasteiger partial charge in [-0.25, -0.2) is 0 Å². The topological polar surface area (TPSA) is 20.3 Å². The molecule has 2 nitrogen and oxygen atoms in total. The third-order valence-corrected chi connectivity index (χ3v) is 2.61. The lowest BCUT2D eigenvalue weighted by Crippen LogP contribution is -2.33. The summed E-state index contributed by atoms with van der Waals surface area (Å²) in [4.78, 5) is 12.4. The molecular formula is C7H13NOS. The monoisotopic (exact) mass is 159 g/mol. The molecule has 0 radical (unpaired) electrons. The normalized spacial score (nSPS) is 20.8. The van der Waals surface area contributed by atoms with E-state index < -0.39 is 0 Å². The lowest BCUT2D eigenvalue weighted by atomic mass is 10.4. The van der Waals surface area contributed by atoms with Crippen LogP contribution in [-0.2, 0) is 4.79 Å². The van der Waals surface area contributed by atoms with Crippen molar-refractivity contribution in [2.75, 3.05) is 31.1 Å². The quantitative estimate of drug-likeness (QED) is 0.563. The van der Waals surface area contributed by atoms with Crippen LogP contribution in [0.25, 0.3) is 0 Å². The van der Waals surface area contributed by atoms with Crippen molar-refractivity contribution in [1.29, 1.82) is 0 Å². The molecule has 1 aliphatic rings. The Morgan fingerprint density at radius 1 is 1.40 bits per heavy atom. The van der Waals surface area contributed by atoms with E-state index in [1.165, 1.54) is 24.6 Å². The molecule has 1 saturated heterocycles. The minimum absolute atomic E-state index is 0.699. The zero-order chi connectivity index (χ0) is 7.23. The summed E-state index contributed by atoms with van der Waals surface area (Å²) in [5, 5.41) is 0. The first-order chi connectivity index (χ1) is 4.93. The third kappa shape index (κ3) is 2.71. The van der Waals surface area contributed by atoms with E-state index in [1.807, 2.05) is 11.8 Å². The number of rotatable bonds is 3. The van der Waals surface area contributed by atoms with Crippen LogP contribution in [0.4, 0.5) is 0 Å². The lowest BCUT2D eigenvalue weighted by molar-refractivity contribution is -0.108. The van der Waals surface area contributed by atoms with Gasteiger partial charge in [0.25, 0.3) is 0 Å². The molecule has 58 valence electrons. The standard InChI is InChI=1S/C7H13NOS/c9-5-1-2-8-3-6-10-7-4-8/h5H,1-4,6-7H2. The summed E-state index contributed by atoms with van der Waals surface area (Å²) in [6.07, 6.45) is 1.70. The van der Waals surface area contributed by atoms with Crippen LogP contribution in [0.3, 0.4) is 0 Å². The van der Waals surface area contributed by atoms with Crippen molar-refractivity contribution in [2.45, 2.75) is 6.42 Å². The molecule has 0 aliphatic carbocycles. The van der Waals surface area contributed by atoms with E-state index in [9.17, 15) is 4.79 Å². The fourth-order valence-electron chi connectivity index (χ4n) is 1.06. The van der Waals surface area contributed by atoms with Gasteiger partial charge in [0, 0.05) is 37.6 Å². The van der Waals surface area contributed by atoms with Gasteiger partial charge in [0.15, 0.2) is 0 Å². The van der Waals surface area contributed by atoms with Crippen molar-refractivity contribution in [1.82, 2.24) is 4.90 Å². The summed E-state index contributed by atoms with van der Waals surface area (Å²) in [7, 11) is 0. The van der Waals surface area contributed by atoms with Gasteiger partial charge in [-0.15, -0.1) is 0 Å². The second-order valence-corrected chi connectivity index (χ2v) is 3.63. The molecule has 0 atom stereocenters. The van der Waals surface area contributed by atoms with E-state index in [2.05, 4.69) is 4.90 Å². The predicted molar refractivity (Wildman–Crippen MR) is 44.4 cm³/mol. The zero-order valence-electron chi connectivity index (χ0n) is 6.08. The summed E-state index contributed by atoms with van der Waals surface area (Å²) in [5.41, 5.74) is 0. The van der Waals surface area contributed by atoms with Gasteiger partial charge in [-0.05, 0) is 0 Å². The Balaban J connectivity index is 2.07. The zero-order valence-corrected chi connectivity index (χ0v) is 6.90. The Kier molecular flexibility index (Phi) is 3.83. The molecule has 1 aliphatic heterocycles. The van der Waals surface area contributed by atoms with E-state index >= 15 is 0 Å². The molecule has 0 aromatic heterocycles. The largest absolute Gasteiger partial charge is 0.303 e. The van der Waals surface area contributed by atoms with Gasteiger partial charge in [-0.3, -0.25) is 0 Å². The summed E-state index contributed by atoms with van der Waals surface area (Å²) in [5.74, 6) is 2.47. The Morgan fingerprint density at radius 3 is 2.70 bits per heavy atom. The first-order valence-corrected chi connectivity index (χ1v) is 4.82. The molecule has 10 heavy (non-hydrogen) atoms. The van der Waals surface area contributed by atoms with Crippen LogP contribution in [0.15, 0.2) is 0 Å². The molecule has 1 rings (SSSR count). The molecule has 1 fully saturated rings. The number of nitrogens with zero attached hydrogens (tertiary/aromatic N) is 1. The van der Waals surface area contributed by atoms with Crippen LogP contribution in [-0.4, -0.2) is 42.3 Å². The van der Waals surface area contributed by atoms with Gasteiger partial charge in [0.1, 0.15) is 6.29 Å². The summed E-state index contributed by atoms with van der Waals surface area (Å²) < 4.78 is 0. The number of hydrogen-bond acceptors (Lipinski definition) is 3. The number of hydrogen-bond donors (Lipinski definition) is 0. The summed E-state index contributed by atoms with van der Waals surface area (Å²) in [6, 6.07) is 0. The average Bonchev–Trinajstić information content (AvgIpc) is 2.03. The number of carbonyl (C=O) groups is 1. The van der Waals surface area contributed by atoms with E-state index in [0.717, 1.165) is 12.8 Å². The molecular weight excluding hydrogens is 146 g/mol. The van der Waals surface area contributed by atoms with Crippen LogP contribution in [0.5, 0.6) is 0 Å².